The highest BCUT2D eigenvalue weighted by atomic mass is 35.5. The zero-order chi connectivity index (χ0) is 8.81. The van der Waals surface area contributed by atoms with Crippen molar-refractivity contribution in [2.45, 2.75) is 32.7 Å². The predicted octanol–water partition coefficient (Wildman–Crippen LogP) is 2.46. The molecule has 1 rings (SSSR count). The van der Waals surface area contributed by atoms with Gasteiger partial charge in [0.15, 0.2) is 0 Å². The minimum absolute atomic E-state index is 0.721. The maximum absolute atomic E-state index is 5.61. The van der Waals surface area contributed by atoms with E-state index in [0.717, 1.165) is 37.5 Å². The molecule has 0 atom stereocenters. The van der Waals surface area contributed by atoms with Crippen LogP contribution < -0.4 is 0 Å². The minimum atomic E-state index is 0.721. The van der Waals surface area contributed by atoms with E-state index in [9.17, 15) is 0 Å². The fourth-order valence-electron chi connectivity index (χ4n) is 1.24. The molecule has 0 spiro atoms. The van der Waals surface area contributed by atoms with Gasteiger partial charge in [0, 0.05) is 31.2 Å². The lowest BCUT2D eigenvalue weighted by atomic mass is 10.3. The number of rotatable bonds is 5. The SMILES string of the molecule is CCCn1ccnc1CCCCl. The molecule has 0 bridgehead atoms. The first-order valence-corrected chi connectivity index (χ1v) is 4.98. The summed E-state index contributed by atoms with van der Waals surface area (Å²) >= 11 is 5.61. The third-order valence-corrected chi connectivity index (χ3v) is 2.07. The second kappa shape index (κ2) is 5.20. The molecule has 0 radical (unpaired) electrons. The van der Waals surface area contributed by atoms with E-state index in [0.29, 0.717) is 0 Å². The number of aromatic nitrogens is 2. The molecule has 0 aliphatic carbocycles. The van der Waals surface area contributed by atoms with E-state index in [1.54, 1.807) is 0 Å². The Morgan fingerprint density at radius 2 is 2.42 bits per heavy atom. The molecule has 0 amide bonds. The molecule has 0 unspecified atom stereocenters. The Balaban J connectivity index is 2.51. The van der Waals surface area contributed by atoms with Crippen LogP contribution in [-0.4, -0.2) is 15.4 Å². The van der Waals surface area contributed by atoms with Crippen LogP contribution in [0.2, 0.25) is 0 Å². The van der Waals surface area contributed by atoms with Crippen molar-refractivity contribution in [1.29, 1.82) is 0 Å². The normalized spacial score (nSPS) is 10.5. The second-order valence-corrected chi connectivity index (χ2v) is 3.21. The lowest BCUT2D eigenvalue weighted by Crippen LogP contribution is -2.02. The molecule has 0 aromatic carbocycles. The Morgan fingerprint density at radius 3 is 3.08 bits per heavy atom. The molecule has 68 valence electrons. The molecule has 1 aromatic heterocycles. The summed E-state index contributed by atoms with van der Waals surface area (Å²) in [5.41, 5.74) is 0. The molecule has 0 saturated carbocycles. The van der Waals surface area contributed by atoms with Gasteiger partial charge in [0.25, 0.3) is 0 Å². The molecule has 12 heavy (non-hydrogen) atoms. The van der Waals surface area contributed by atoms with Crippen molar-refractivity contribution in [1.82, 2.24) is 9.55 Å². The summed E-state index contributed by atoms with van der Waals surface area (Å²) in [5.74, 6) is 1.89. The second-order valence-electron chi connectivity index (χ2n) is 2.83. The van der Waals surface area contributed by atoms with Crippen LogP contribution in [0.3, 0.4) is 0 Å². The van der Waals surface area contributed by atoms with Crippen LogP contribution in [0.15, 0.2) is 12.4 Å². The Kier molecular flexibility index (Phi) is 4.15. The first kappa shape index (κ1) is 9.59. The van der Waals surface area contributed by atoms with Crippen molar-refractivity contribution in [2.24, 2.45) is 0 Å². The van der Waals surface area contributed by atoms with Crippen LogP contribution in [0, 0.1) is 0 Å². The molecule has 0 aliphatic heterocycles. The fraction of sp³-hybridized carbons (Fsp3) is 0.667. The van der Waals surface area contributed by atoms with Crippen molar-refractivity contribution in [3.63, 3.8) is 0 Å². The van der Waals surface area contributed by atoms with Crippen molar-refractivity contribution in [2.75, 3.05) is 5.88 Å². The molecule has 1 heterocycles. The first-order valence-electron chi connectivity index (χ1n) is 4.44. The molecule has 0 fully saturated rings. The number of hydrogen-bond donors (Lipinski definition) is 0. The van der Waals surface area contributed by atoms with Gasteiger partial charge in [-0.25, -0.2) is 4.98 Å². The van der Waals surface area contributed by atoms with E-state index in [2.05, 4.69) is 16.5 Å². The van der Waals surface area contributed by atoms with Gasteiger partial charge in [-0.2, -0.15) is 0 Å². The van der Waals surface area contributed by atoms with Gasteiger partial charge in [0.05, 0.1) is 0 Å². The quantitative estimate of drug-likeness (QED) is 0.646. The zero-order valence-corrected chi connectivity index (χ0v) is 8.22. The summed E-state index contributed by atoms with van der Waals surface area (Å²) in [7, 11) is 0. The standard InChI is InChI=1S/C9H15ClN2/c1-2-7-12-8-6-11-9(12)4-3-5-10/h6,8H,2-5,7H2,1H3. The number of hydrogen-bond acceptors (Lipinski definition) is 1. The van der Waals surface area contributed by atoms with Crippen molar-refractivity contribution < 1.29 is 0 Å². The molecule has 1 aromatic rings. The first-order chi connectivity index (χ1) is 5.88. The van der Waals surface area contributed by atoms with Crippen molar-refractivity contribution in [3.8, 4) is 0 Å². The Hall–Kier alpha value is -0.500. The van der Waals surface area contributed by atoms with Crippen molar-refractivity contribution >= 4 is 11.6 Å². The monoisotopic (exact) mass is 186 g/mol. The molecular formula is C9H15ClN2. The molecule has 2 nitrogen and oxygen atoms in total. The van der Waals surface area contributed by atoms with Gasteiger partial charge in [-0.3, -0.25) is 0 Å². The van der Waals surface area contributed by atoms with Crippen molar-refractivity contribution in [3.05, 3.63) is 18.2 Å². The minimum Gasteiger partial charge on any atom is -0.335 e. The number of aryl methyl sites for hydroxylation is 2. The van der Waals surface area contributed by atoms with Crippen LogP contribution in [0.4, 0.5) is 0 Å². The number of imidazole rings is 1. The molecule has 0 N–H and O–H groups in total. The van der Waals surface area contributed by atoms with E-state index in [4.69, 9.17) is 11.6 Å². The van der Waals surface area contributed by atoms with Crippen LogP contribution in [0.1, 0.15) is 25.6 Å². The Morgan fingerprint density at radius 1 is 1.58 bits per heavy atom. The Bertz CT molecular complexity index is 220. The van der Waals surface area contributed by atoms with Gasteiger partial charge in [-0.1, -0.05) is 6.92 Å². The van der Waals surface area contributed by atoms with Gasteiger partial charge < -0.3 is 4.57 Å². The molecule has 3 heteroatoms. The fourth-order valence-corrected chi connectivity index (χ4v) is 1.37. The molecule has 0 aliphatic rings. The van der Waals surface area contributed by atoms with Gasteiger partial charge in [0.2, 0.25) is 0 Å². The zero-order valence-electron chi connectivity index (χ0n) is 7.46. The summed E-state index contributed by atoms with van der Waals surface area (Å²) in [6, 6.07) is 0. The summed E-state index contributed by atoms with van der Waals surface area (Å²) in [6.45, 7) is 3.24. The van der Waals surface area contributed by atoms with Crippen LogP contribution in [0.5, 0.6) is 0 Å². The van der Waals surface area contributed by atoms with Crippen LogP contribution in [-0.2, 0) is 13.0 Å². The lowest BCUT2D eigenvalue weighted by molar-refractivity contribution is 0.631. The Labute approximate surface area is 78.6 Å². The summed E-state index contributed by atoms with van der Waals surface area (Å²) < 4.78 is 2.20. The summed E-state index contributed by atoms with van der Waals surface area (Å²) in [4.78, 5) is 4.28. The molecular weight excluding hydrogens is 172 g/mol. The highest BCUT2D eigenvalue weighted by Crippen LogP contribution is 2.03. The lowest BCUT2D eigenvalue weighted by Gasteiger charge is -2.04. The third-order valence-electron chi connectivity index (χ3n) is 1.80. The number of alkyl halides is 1. The average molecular weight is 187 g/mol. The van der Waals surface area contributed by atoms with Crippen LogP contribution in [0.25, 0.3) is 0 Å². The van der Waals surface area contributed by atoms with Gasteiger partial charge >= 0.3 is 0 Å². The van der Waals surface area contributed by atoms with E-state index >= 15 is 0 Å². The average Bonchev–Trinajstić information content (AvgIpc) is 2.50. The van der Waals surface area contributed by atoms with Gasteiger partial charge in [0.1, 0.15) is 5.82 Å². The maximum atomic E-state index is 5.61. The van der Waals surface area contributed by atoms with E-state index in [1.807, 2.05) is 12.4 Å². The van der Waals surface area contributed by atoms with Crippen LogP contribution >= 0.6 is 11.6 Å². The highest BCUT2D eigenvalue weighted by Gasteiger charge is 1.99. The molecule has 0 saturated heterocycles. The van der Waals surface area contributed by atoms with E-state index in [-0.39, 0.29) is 0 Å². The maximum Gasteiger partial charge on any atom is 0.108 e. The predicted molar refractivity (Wildman–Crippen MR) is 51.6 cm³/mol. The van der Waals surface area contributed by atoms with Gasteiger partial charge in [-0.15, -0.1) is 11.6 Å². The smallest absolute Gasteiger partial charge is 0.108 e. The highest BCUT2D eigenvalue weighted by molar-refractivity contribution is 6.17. The summed E-state index contributed by atoms with van der Waals surface area (Å²) in [6.07, 6.45) is 7.06. The topological polar surface area (TPSA) is 17.8 Å². The van der Waals surface area contributed by atoms with E-state index in [1.165, 1.54) is 0 Å². The number of halogens is 1. The number of nitrogens with zero attached hydrogens (tertiary/aromatic N) is 2. The van der Waals surface area contributed by atoms with E-state index < -0.39 is 0 Å². The van der Waals surface area contributed by atoms with Gasteiger partial charge in [-0.05, 0) is 12.8 Å². The largest absolute Gasteiger partial charge is 0.335 e. The summed E-state index contributed by atoms with van der Waals surface area (Å²) in [5, 5.41) is 0. The third kappa shape index (κ3) is 2.52.